The molecule has 0 heterocycles. The zero-order valence-corrected chi connectivity index (χ0v) is 12.1. The van der Waals surface area contributed by atoms with Crippen molar-refractivity contribution in [1.29, 1.82) is 0 Å². The molecule has 0 saturated heterocycles. The molecule has 1 saturated carbocycles. The summed E-state index contributed by atoms with van der Waals surface area (Å²) < 4.78 is 0. The summed E-state index contributed by atoms with van der Waals surface area (Å²) in [4.78, 5) is 11.9. The van der Waals surface area contributed by atoms with Crippen molar-refractivity contribution in [2.45, 2.75) is 71.1 Å². The molecule has 0 aliphatic heterocycles. The molecule has 1 rings (SSSR count). The zero-order chi connectivity index (χ0) is 13.8. The van der Waals surface area contributed by atoms with Crippen molar-refractivity contribution in [2.24, 2.45) is 5.92 Å². The van der Waals surface area contributed by atoms with Crippen molar-refractivity contribution >= 4 is 5.91 Å². The fraction of sp³-hybridized carbons (Fsp3) is 0.929. The van der Waals surface area contributed by atoms with Gasteiger partial charge >= 0.3 is 0 Å². The Hall–Kier alpha value is -0.610. The van der Waals surface area contributed by atoms with Gasteiger partial charge in [0.15, 0.2) is 0 Å². The van der Waals surface area contributed by atoms with Crippen LogP contribution < -0.4 is 10.6 Å². The molecule has 1 amide bonds. The lowest BCUT2D eigenvalue weighted by atomic mass is 9.87. The number of amides is 1. The maximum Gasteiger partial charge on any atom is 0.237 e. The van der Waals surface area contributed by atoms with Crippen LogP contribution in [-0.2, 0) is 4.79 Å². The maximum atomic E-state index is 11.9. The van der Waals surface area contributed by atoms with Gasteiger partial charge in [-0.25, -0.2) is 0 Å². The normalized spacial score (nSPS) is 26.7. The standard InChI is InChI=1S/C14H28N2O2/c1-10(13(18)16-14(2,3)4)15-9-11-6-5-7-12(17)8-11/h10-12,15,17H,5-9H2,1-4H3,(H,16,18). The van der Waals surface area contributed by atoms with E-state index in [1.165, 1.54) is 0 Å². The van der Waals surface area contributed by atoms with E-state index in [0.29, 0.717) is 5.92 Å². The molecular formula is C14H28N2O2. The van der Waals surface area contributed by atoms with Gasteiger partial charge in [-0.05, 0) is 59.4 Å². The van der Waals surface area contributed by atoms with E-state index in [0.717, 1.165) is 32.2 Å². The van der Waals surface area contributed by atoms with E-state index in [9.17, 15) is 9.90 Å². The van der Waals surface area contributed by atoms with E-state index in [2.05, 4.69) is 10.6 Å². The maximum absolute atomic E-state index is 11.9. The van der Waals surface area contributed by atoms with E-state index in [-0.39, 0.29) is 23.6 Å². The molecule has 0 aromatic rings. The van der Waals surface area contributed by atoms with E-state index < -0.39 is 0 Å². The highest BCUT2D eigenvalue weighted by molar-refractivity contribution is 5.81. The SMILES string of the molecule is CC(NCC1CCCC(O)C1)C(=O)NC(C)(C)C. The minimum atomic E-state index is -0.186. The van der Waals surface area contributed by atoms with E-state index in [1.54, 1.807) is 0 Å². The van der Waals surface area contributed by atoms with Crippen LogP contribution in [0.1, 0.15) is 53.4 Å². The first-order valence-corrected chi connectivity index (χ1v) is 7.01. The third-order valence-electron chi connectivity index (χ3n) is 3.36. The van der Waals surface area contributed by atoms with Gasteiger partial charge in [0.25, 0.3) is 0 Å². The lowest BCUT2D eigenvalue weighted by Crippen LogP contribution is -2.50. The van der Waals surface area contributed by atoms with Crippen LogP contribution in [0.25, 0.3) is 0 Å². The number of aliphatic hydroxyl groups is 1. The molecule has 0 aromatic heterocycles. The van der Waals surface area contributed by atoms with Gasteiger partial charge in [0.05, 0.1) is 12.1 Å². The van der Waals surface area contributed by atoms with Crippen LogP contribution in [0, 0.1) is 5.92 Å². The fourth-order valence-corrected chi connectivity index (χ4v) is 2.36. The average Bonchev–Trinajstić information content (AvgIpc) is 2.23. The second-order valence-electron chi connectivity index (χ2n) is 6.56. The summed E-state index contributed by atoms with van der Waals surface area (Å²) >= 11 is 0. The molecule has 1 fully saturated rings. The largest absolute Gasteiger partial charge is 0.393 e. The highest BCUT2D eigenvalue weighted by Crippen LogP contribution is 2.23. The second kappa shape index (κ2) is 6.53. The molecule has 3 N–H and O–H groups in total. The number of hydrogen-bond donors (Lipinski definition) is 3. The molecule has 3 unspecified atom stereocenters. The van der Waals surface area contributed by atoms with Crippen molar-refractivity contribution in [2.75, 3.05) is 6.54 Å². The van der Waals surface area contributed by atoms with E-state index in [4.69, 9.17) is 0 Å². The topological polar surface area (TPSA) is 61.4 Å². The molecule has 0 spiro atoms. The van der Waals surface area contributed by atoms with Crippen LogP contribution in [0.3, 0.4) is 0 Å². The minimum Gasteiger partial charge on any atom is -0.393 e. The molecule has 106 valence electrons. The number of rotatable bonds is 4. The zero-order valence-electron chi connectivity index (χ0n) is 12.1. The van der Waals surface area contributed by atoms with Gasteiger partial charge in [-0.15, -0.1) is 0 Å². The first kappa shape index (κ1) is 15.4. The summed E-state index contributed by atoms with van der Waals surface area (Å²) in [7, 11) is 0. The van der Waals surface area contributed by atoms with Crippen molar-refractivity contribution < 1.29 is 9.90 Å². The molecule has 0 aromatic carbocycles. The molecular weight excluding hydrogens is 228 g/mol. The van der Waals surface area contributed by atoms with Gasteiger partial charge in [0, 0.05) is 5.54 Å². The Morgan fingerprint density at radius 2 is 2.06 bits per heavy atom. The predicted octanol–water partition coefficient (Wildman–Crippen LogP) is 1.43. The van der Waals surface area contributed by atoms with Crippen molar-refractivity contribution in [3.63, 3.8) is 0 Å². The summed E-state index contributed by atoms with van der Waals surface area (Å²) in [5.74, 6) is 0.539. The smallest absolute Gasteiger partial charge is 0.237 e. The highest BCUT2D eigenvalue weighted by atomic mass is 16.3. The van der Waals surface area contributed by atoms with Crippen molar-refractivity contribution in [3.05, 3.63) is 0 Å². The van der Waals surface area contributed by atoms with Crippen LogP contribution in [0.2, 0.25) is 0 Å². The van der Waals surface area contributed by atoms with Crippen LogP contribution in [0.4, 0.5) is 0 Å². The monoisotopic (exact) mass is 256 g/mol. The van der Waals surface area contributed by atoms with E-state index in [1.807, 2.05) is 27.7 Å². The first-order valence-electron chi connectivity index (χ1n) is 7.01. The molecule has 1 aliphatic carbocycles. The Labute approximate surface area is 111 Å². The highest BCUT2D eigenvalue weighted by Gasteiger charge is 2.23. The van der Waals surface area contributed by atoms with Gasteiger partial charge < -0.3 is 15.7 Å². The molecule has 4 heteroatoms. The molecule has 1 aliphatic rings. The third-order valence-corrected chi connectivity index (χ3v) is 3.36. The number of hydrogen-bond acceptors (Lipinski definition) is 3. The molecule has 3 atom stereocenters. The lowest BCUT2D eigenvalue weighted by molar-refractivity contribution is -0.124. The summed E-state index contributed by atoms with van der Waals surface area (Å²) in [5.41, 5.74) is -0.186. The number of aliphatic hydroxyl groups excluding tert-OH is 1. The summed E-state index contributed by atoms with van der Waals surface area (Å²) in [6.07, 6.45) is 3.88. The third kappa shape index (κ3) is 5.83. The first-order chi connectivity index (χ1) is 8.28. The van der Waals surface area contributed by atoms with Crippen LogP contribution in [0.5, 0.6) is 0 Å². The van der Waals surface area contributed by atoms with Crippen LogP contribution in [0.15, 0.2) is 0 Å². The molecule has 0 bridgehead atoms. The van der Waals surface area contributed by atoms with Gasteiger partial charge in [-0.2, -0.15) is 0 Å². The molecule has 4 nitrogen and oxygen atoms in total. The van der Waals surface area contributed by atoms with Crippen LogP contribution >= 0.6 is 0 Å². The minimum absolute atomic E-state index is 0.0406. The molecule has 18 heavy (non-hydrogen) atoms. The Balaban J connectivity index is 2.27. The average molecular weight is 256 g/mol. The van der Waals surface area contributed by atoms with Crippen LogP contribution in [-0.4, -0.2) is 35.2 Å². The Kier molecular flexibility index (Phi) is 5.60. The van der Waals surface area contributed by atoms with Gasteiger partial charge in [0.1, 0.15) is 0 Å². The number of carbonyl (C=O) groups excluding carboxylic acids is 1. The van der Waals surface area contributed by atoms with Gasteiger partial charge in [0.2, 0.25) is 5.91 Å². The van der Waals surface area contributed by atoms with Gasteiger partial charge in [-0.1, -0.05) is 6.42 Å². The van der Waals surface area contributed by atoms with E-state index >= 15 is 0 Å². The molecule has 0 radical (unpaired) electrons. The predicted molar refractivity (Wildman–Crippen MR) is 73.3 cm³/mol. The number of nitrogens with one attached hydrogen (secondary N) is 2. The number of carbonyl (C=O) groups is 1. The Bertz CT molecular complexity index is 273. The Morgan fingerprint density at radius 1 is 1.39 bits per heavy atom. The van der Waals surface area contributed by atoms with Gasteiger partial charge in [-0.3, -0.25) is 4.79 Å². The quantitative estimate of drug-likeness (QED) is 0.713. The lowest BCUT2D eigenvalue weighted by Gasteiger charge is -2.28. The summed E-state index contributed by atoms with van der Waals surface area (Å²) in [5, 5.41) is 15.8. The summed E-state index contributed by atoms with van der Waals surface area (Å²) in [6, 6.07) is -0.178. The van der Waals surface area contributed by atoms with Crippen molar-refractivity contribution in [3.8, 4) is 0 Å². The summed E-state index contributed by atoms with van der Waals surface area (Å²) in [6.45, 7) is 8.65. The fourth-order valence-electron chi connectivity index (χ4n) is 2.36. The second-order valence-corrected chi connectivity index (χ2v) is 6.56. The van der Waals surface area contributed by atoms with Crippen molar-refractivity contribution in [1.82, 2.24) is 10.6 Å². The Morgan fingerprint density at radius 3 is 2.61 bits per heavy atom.